The Kier molecular flexibility index (Phi) is 3.87. The van der Waals surface area contributed by atoms with Gasteiger partial charge in [-0.05, 0) is 24.7 Å². The van der Waals surface area contributed by atoms with E-state index in [1.165, 1.54) is 6.08 Å². The molecule has 1 fully saturated rings. The van der Waals surface area contributed by atoms with E-state index in [0.29, 0.717) is 19.6 Å². The van der Waals surface area contributed by atoms with E-state index in [2.05, 4.69) is 4.99 Å². The molecule has 1 aliphatic heterocycles. The lowest BCUT2D eigenvalue weighted by molar-refractivity contribution is -0.120. The van der Waals surface area contributed by atoms with Crippen LogP contribution in [0.1, 0.15) is 5.56 Å². The van der Waals surface area contributed by atoms with Crippen molar-refractivity contribution in [3.8, 4) is 0 Å². The summed E-state index contributed by atoms with van der Waals surface area (Å²) in [6.07, 6.45) is 1.52. The van der Waals surface area contributed by atoms with Crippen molar-refractivity contribution in [3.63, 3.8) is 0 Å². The minimum absolute atomic E-state index is 0.0970. The van der Waals surface area contributed by atoms with Crippen molar-refractivity contribution >= 4 is 17.7 Å². The zero-order valence-corrected chi connectivity index (χ0v) is 10.3. The van der Waals surface area contributed by atoms with Crippen molar-refractivity contribution in [2.75, 3.05) is 31.6 Å². The molecule has 94 valence electrons. The number of hydrogen-bond acceptors (Lipinski definition) is 4. The van der Waals surface area contributed by atoms with Crippen molar-refractivity contribution in [2.45, 2.75) is 6.54 Å². The maximum absolute atomic E-state index is 11.9. The Hall–Kier alpha value is -1.97. The van der Waals surface area contributed by atoms with Gasteiger partial charge in [-0.2, -0.15) is 0 Å². The van der Waals surface area contributed by atoms with Crippen molar-refractivity contribution < 1.29 is 9.59 Å². The minimum Gasteiger partial charge on any atom is -0.310 e. The van der Waals surface area contributed by atoms with Gasteiger partial charge in [-0.1, -0.05) is 12.1 Å². The average Bonchev–Trinajstić information content (AvgIpc) is 2.36. The van der Waals surface area contributed by atoms with Crippen LogP contribution in [0.3, 0.4) is 0 Å². The van der Waals surface area contributed by atoms with Gasteiger partial charge < -0.3 is 4.90 Å². The molecule has 1 amide bonds. The first-order valence-electron chi connectivity index (χ1n) is 5.82. The van der Waals surface area contributed by atoms with E-state index < -0.39 is 0 Å². The number of anilines is 1. The number of rotatable bonds is 3. The Morgan fingerprint density at radius 1 is 1.39 bits per heavy atom. The number of piperazine rings is 1. The Morgan fingerprint density at radius 3 is 2.94 bits per heavy atom. The molecule has 5 heteroatoms. The Morgan fingerprint density at radius 2 is 2.22 bits per heavy atom. The van der Waals surface area contributed by atoms with E-state index in [4.69, 9.17) is 0 Å². The Labute approximate surface area is 106 Å². The van der Waals surface area contributed by atoms with Gasteiger partial charge in [0.1, 0.15) is 0 Å². The number of isocyanates is 1. The van der Waals surface area contributed by atoms with Gasteiger partial charge in [-0.25, -0.2) is 9.79 Å². The predicted octanol–water partition coefficient (Wildman–Crippen LogP) is 0.801. The summed E-state index contributed by atoms with van der Waals surface area (Å²) >= 11 is 0. The molecule has 1 aliphatic rings. The standard InChI is InChI=1S/C13H15N3O2/c1-15-5-6-16(13(18)9-15)12-4-2-3-11(7-12)8-14-10-17/h2-4,7H,5-6,8-9H2,1H3. The van der Waals surface area contributed by atoms with Crippen molar-refractivity contribution in [3.05, 3.63) is 29.8 Å². The van der Waals surface area contributed by atoms with Crippen molar-refractivity contribution in [2.24, 2.45) is 4.99 Å². The topological polar surface area (TPSA) is 53.0 Å². The van der Waals surface area contributed by atoms with Crippen LogP contribution in [0.2, 0.25) is 0 Å². The van der Waals surface area contributed by atoms with Crippen LogP contribution in [0, 0.1) is 0 Å². The quantitative estimate of drug-likeness (QED) is 0.584. The van der Waals surface area contributed by atoms with Crippen LogP contribution in [0.4, 0.5) is 5.69 Å². The van der Waals surface area contributed by atoms with Gasteiger partial charge in [0.2, 0.25) is 12.0 Å². The third kappa shape index (κ3) is 2.83. The average molecular weight is 245 g/mol. The van der Waals surface area contributed by atoms with Gasteiger partial charge >= 0.3 is 0 Å². The summed E-state index contributed by atoms with van der Waals surface area (Å²) in [5.74, 6) is 0.0970. The summed E-state index contributed by atoms with van der Waals surface area (Å²) in [6.45, 7) is 2.30. The fourth-order valence-corrected chi connectivity index (χ4v) is 2.01. The Bertz CT molecular complexity index is 495. The highest BCUT2D eigenvalue weighted by molar-refractivity contribution is 5.95. The minimum atomic E-state index is 0.0970. The number of nitrogens with zero attached hydrogens (tertiary/aromatic N) is 3. The van der Waals surface area contributed by atoms with Gasteiger partial charge in [0.25, 0.3) is 0 Å². The third-order valence-electron chi connectivity index (χ3n) is 2.96. The second kappa shape index (κ2) is 5.58. The molecule has 0 atom stereocenters. The summed E-state index contributed by atoms with van der Waals surface area (Å²) in [6, 6.07) is 7.54. The van der Waals surface area contributed by atoms with Crippen LogP contribution in [0.25, 0.3) is 0 Å². The fourth-order valence-electron chi connectivity index (χ4n) is 2.01. The lowest BCUT2D eigenvalue weighted by atomic mass is 10.1. The van der Waals surface area contributed by atoms with E-state index >= 15 is 0 Å². The molecule has 5 nitrogen and oxygen atoms in total. The van der Waals surface area contributed by atoms with Crippen LogP contribution < -0.4 is 4.90 Å². The maximum atomic E-state index is 11.9. The molecule has 1 aromatic rings. The van der Waals surface area contributed by atoms with E-state index in [1.54, 1.807) is 4.90 Å². The lowest BCUT2D eigenvalue weighted by Gasteiger charge is -2.32. The zero-order chi connectivity index (χ0) is 13.0. The zero-order valence-electron chi connectivity index (χ0n) is 10.3. The molecular formula is C13H15N3O2. The molecule has 0 N–H and O–H groups in total. The van der Waals surface area contributed by atoms with Crippen LogP contribution in [-0.2, 0) is 16.1 Å². The lowest BCUT2D eigenvalue weighted by Crippen LogP contribution is -2.48. The van der Waals surface area contributed by atoms with Crippen LogP contribution >= 0.6 is 0 Å². The van der Waals surface area contributed by atoms with Gasteiger partial charge in [-0.3, -0.25) is 9.69 Å². The molecule has 0 aromatic heterocycles. The van der Waals surface area contributed by atoms with Crippen LogP contribution in [0.5, 0.6) is 0 Å². The maximum Gasteiger partial charge on any atom is 0.241 e. The largest absolute Gasteiger partial charge is 0.310 e. The number of aliphatic imine (C=N–C) groups is 1. The molecular weight excluding hydrogens is 230 g/mol. The monoisotopic (exact) mass is 245 g/mol. The van der Waals surface area contributed by atoms with Crippen LogP contribution in [-0.4, -0.2) is 43.6 Å². The number of likely N-dealkylation sites (N-methyl/N-ethyl adjacent to an activating group) is 1. The van der Waals surface area contributed by atoms with E-state index in [1.807, 2.05) is 36.2 Å². The normalized spacial score (nSPS) is 16.5. The predicted molar refractivity (Wildman–Crippen MR) is 68.1 cm³/mol. The summed E-state index contributed by atoms with van der Waals surface area (Å²) in [5.41, 5.74) is 1.77. The molecule has 0 unspecified atom stereocenters. The summed E-state index contributed by atoms with van der Waals surface area (Å²) in [4.78, 5) is 29.3. The van der Waals surface area contributed by atoms with Gasteiger partial charge in [-0.15, -0.1) is 0 Å². The summed E-state index contributed by atoms with van der Waals surface area (Å²) in [7, 11) is 1.93. The van der Waals surface area contributed by atoms with E-state index in [-0.39, 0.29) is 5.91 Å². The molecule has 0 bridgehead atoms. The number of carbonyl (C=O) groups is 1. The van der Waals surface area contributed by atoms with Crippen molar-refractivity contribution in [1.29, 1.82) is 0 Å². The van der Waals surface area contributed by atoms with E-state index in [9.17, 15) is 9.59 Å². The SMILES string of the molecule is CN1CCN(c2cccc(CN=C=O)c2)C(=O)C1. The molecule has 0 radical (unpaired) electrons. The number of amides is 1. The molecule has 1 heterocycles. The van der Waals surface area contributed by atoms with Crippen molar-refractivity contribution in [1.82, 2.24) is 4.90 Å². The second-order valence-electron chi connectivity index (χ2n) is 4.36. The highest BCUT2D eigenvalue weighted by Gasteiger charge is 2.22. The van der Waals surface area contributed by atoms with Gasteiger partial charge in [0, 0.05) is 18.8 Å². The smallest absolute Gasteiger partial charge is 0.241 e. The fraction of sp³-hybridized carbons (Fsp3) is 0.385. The highest BCUT2D eigenvalue weighted by atomic mass is 16.2. The Balaban J connectivity index is 2.17. The molecule has 18 heavy (non-hydrogen) atoms. The van der Waals surface area contributed by atoms with E-state index in [0.717, 1.165) is 17.8 Å². The number of hydrogen-bond donors (Lipinski definition) is 0. The van der Waals surface area contributed by atoms with Gasteiger partial charge in [0.05, 0.1) is 13.1 Å². The number of carbonyl (C=O) groups excluding carboxylic acids is 2. The molecule has 0 aliphatic carbocycles. The van der Waals surface area contributed by atoms with Gasteiger partial charge in [0.15, 0.2) is 0 Å². The summed E-state index contributed by atoms with van der Waals surface area (Å²) in [5, 5.41) is 0. The highest BCUT2D eigenvalue weighted by Crippen LogP contribution is 2.19. The molecule has 2 rings (SSSR count). The summed E-state index contributed by atoms with van der Waals surface area (Å²) < 4.78 is 0. The first-order valence-corrected chi connectivity index (χ1v) is 5.82. The number of benzene rings is 1. The second-order valence-corrected chi connectivity index (χ2v) is 4.36. The molecule has 1 aromatic carbocycles. The molecule has 0 saturated carbocycles. The molecule has 0 spiro atoms. The third-order valence-corrected chi connectivity index (χ3v) is 2.96. The first-order chi connectivity index (χ1) is 8.70. The van der Waals surface area contributed by atoms with Crippen LogP contribution in [0.15, 0.2) is 29.3 Å². The first kappa shape index (κ1) is 12.5. The molecule has 1 saturated heterocycles.